The lowest BCUT2D eigenvalue weighted by molar-refractivity contribution is -0.139. The smallest absolute Gasteiger partial charge is 0.338 e. The molecule has 2 heterocycles. The number of hydrogen-bond acceptors (Lipinski definition) is 6. The number of aromatic hydroxyl groups is 1. The van der Waals surface area contributed by atoms with Gasteiger partial charge < -0.3 is 9.84 Å². The third-order valence-corrected chi connectivity index (χ3v) is 6.40. The largest absolute Gasteiger partial charge is 0.507 e. The van der Waals surface area contributed by atoms with Crippen molar-refractivity contribution >= 4 is 35.0 Å². The van der Waals surface area contributed by atoms with Gasteiger partial charge in [0.1, 0.15) is 5.75 Å². The van der Waals surface area contributed by atoms with Crippen LogP contribution in [0.3, 0.4) is 0 Å². The van der Waals surface area contributed by atoms with E-state index in [2.05, 4.69) is 4.99 Å². The Hall–Kier alpha value is -3.16. The number of halogens is 1. The van der Waals surface area contributed by atoms with E-state index in [0.29, 0.717) is 31.2 Å². The van der Waals surface area contributed by atoms with Crippen LogP contribution in [0.1, 0.15) is 36.6 Å². The Labute approximate surface area is 193 Å². The van der Waals surface area contributed by atoms with Gasteiger partial charge in [0.25, 0.3) is 5.56 Å². The molecule has 6 nitrogen and oxygen atoms in total. The number of benzene rings is 2. The summed E-state index contributed by atoms with van der Waals surface area (Å²) in [6, 6.07) is 11.6. The second-order valence-corrected chi connectivity index (χ2v) is 8.86. The molecule has 8 heteroatoms. The summed E-state index contributed by atoms with van der Waals surface area (Å²) >= 11 is 7.25. The number of rotatable bonds is 4. The Morgan fingerprint density at radius 2 is 1.97 bits per heavy atom. The Bertz CT molecular complexity index is 1420. The lowest BCUT2D eigenvalue weighted by atomic mass is 9.95. The standard InChI is InChI=1S/C24H21ClN2O4S/c1-4-31-23(30)20-14(3)26-24-27(21(20)15-7-5-13(2)6-8-15)22(29)19(32-24)12-16-11-17(25)9-10-18(16)28/h5-12,21,28H,4H2,1-3H3/b19-12+/t21-/m1/s1. The molecule has 0 aliphatic carbocycles. The highest BCUT2D eigenvalue weighted by Crippen LogP contribution is 2.31. The number of carbonyl (C=O) groups excluding carboxylic acids is 1. The number of aromatic nitrogens is 1. The summed E-state index contributed by atoms with van der Waals surface area (Å²) in [5, 5.41) is 10.6. The predicted molar refractivity (Wildman–Crippen MR) is 125 cm³/mol. The molecule has 1 atom stereocenters. The monoisotopic (exact) mass is 468 g/mol. The van der Waals surface area contributed by atoms with Crippen molar-refractivity contribution in [1.29, 1.82) is 0 Å². The number of phenolic OH excluding ortho intramolecular Hbond substituents is 1. The van der Waals surface area contributed by atoms with E-state index in [4.69, 9.17) is 16.3 Å². The van der Waals surface area contributed by atoms with Crippen LogP contribution in [-0.4, -0.2) is 22.2 Å². The fourth-order valence-corrected chi connectivity index (χ4v) is 4.86. The van der Waals surface area contributed by atoms with Gasteiger partial charge in [0.2, 0.25) is 0 Å². The molecule has 1 aliphatic rings. The first-order chi connectivity index (χ1) is 15.3. The van der Waals surface area contributed by atoms with Gasteiger partial charge in [0.15, 0.2) is 4.80 Å². The Kier molecular flexibility index (Phi) is 6.04. The Morgan fingerprint density at radius 3 is 2.66 bits per heavy atom. The van der Waals surface area contributed by atoms with Crippen molar-refractivity contribution in [2.75, 3.05) is 6.61 Å². The van der Waals surface area contributed by atoms with Crippen molar-refractivity contribution in [2.24, 2.45) is 4.99 Å². The topological polar surface area (TPSA) is 80.9 Å². The van der Waals surface area contributed by atoms with E-state index < -0.39 is 12.0 Å². The minimum Gasteiger partial charge on any atom is -0.507 e. The molecule has 0 fully saturated rings. The normalized spacial score (nSPS) is 16.0. The minimum atomic E-state index is -0.666. The first kappa shape index (κ1) is 22.0. The van der Waals surface area contributed by atoms with Gasteiger partial charge >= 0.3 is 5.97 Å². The van der Waals surface area contributed by atoms with Gasteiger partial charge in [-0.3, -0.25) is 9.36 Å². The quantitative estimate of drug-likeness (QED) is 0.594. The van der Waals surface area contributed by atoms with E-state index in [1.54, 1.807) is 32.1 Å². The molecule has 2 aromatic carbocycles. The van der Waals surface area contributed by atoms with Crippen LogP contribution in [0.15, 0.2) is 63.5 Å². The summed E-state index contributed by atoms with van der Waals surface area (Å²) in [4.78, 5) is 31.4. The van der Waals surface area contributed by atoms with Gasteiger partial charge in [-0.15, -0.1) is 0 Å². The van der Waals surface area contributed by atoms with Crippen molar-refractivity contribution in [3.8, 4) is 5.75 Å². The Morgan fingerprint density at radius 1 is 1.25 bits per heavy atom. The maximum Gasteiger partial charge on any atom is 0.338 e. The molecule has 1 N–H and O–H groups in total. The number of thiazole rings is 1. The third-order valence-electron chi connectivity index (χ3n) is 5.19. The van der Waals surface area contributed by atoms with Crippen molar-refractivity contribution in [3.63, 3.8) is 0 Å². The van der Waals surface area contributed by atoms with Crippen LogP contribution < -0.4 is 14.9 Å². The van der Waals surface area contributed by atoms with E-state index in [0.717, 1.165) is 11.1 Å². The predicted octanol–water partition coefficient (Wildman–Crippen LogP) is 3.47. The molecule has 0 bridgehead atoms. The molecule has 4 rings (SSSR count). The first-order valence-electron chi connectivity index (χ1n) is 10.0. The van der Waals surface area contributed by atoms with E-state index in [1.807, 2.05) is 31.2 Å². The third kappa shape index (κ3) is 4.01. The highest BCUT2D eigenvalue weighted by Gasteiger charge is 2.33. The average molecular weight is 469 g/mol. The molecule has 32 heavy (non-hydrogen) atoms. The highest BCUT2D eigenvalue weighted by atomic mass is 35.5. The number of allylic oxidation sites excluding steroid dienone is 1. The highest BCUT2D eigenvalue weighted by molar-refractivity contribution is 7.07. The van der Waals surface area contributed by atoms with Crippen LogP contribution in [0.5, 0.6) is 5.75 Å². The number of carbonyl (C=O) groups is 1. The lowest BCUT2D eigenvalue weighted by Gasteiger charge is -2.24. The molecule has 0 saturated carbocycles. The fourth-order valence-electron chi connectivity index (χ4n) is 3.64. The zero-order chi connectivity index (χ0) is 23.0. The number of hydrogen-bond donors (Lipinski definition) is 1. The molecular formula is C24H21ClN2O4S. The maximum absolute atomic E-state index is 13.5. The zero-order valence-corrected chi connectivity index (χ0v) is 19.3. The summed E-state index contributed by atoms with van der Waals surface area (Å²) in [5.74, 6) is -0.486. The van der Waals surface area contributed by atoms with Crippen LogP contribution in [0.25, 0.3) is 6.08 Å². The molecule has 3 aromatic rings. The molecule has 0 unspecified atom stereocenters. The van der Waals surface area contributed by atoms with Gasteiger partial charge in [-0.1, -0.05) is 52.8 Å². The summed E-state index contributed by atoms with van der Waals surface area (Å²) in [5.41, 5.74) is 2.80. The molecule has 1 aliphatic heterocycles. The van der Waals surface area contributed by atoms with Gasteiger partial charge in [-0.2, -0.15) is 0 Å². The van der Waals surface area contributed by atoms with Crippen LogP contribution in [0, 0.1) is 6.92 Å². The first-order valence-corrected chi connectivity index (χ1v) is 11.2. The van der Waals surface area contributed by atoms with Crippen LogP contribution in [0.2, 0.25) is 5.02 Å². The molecule has 0 radical (unpaired) electrons. The number of nitrogens with zero attached hydrogens (tertiary/aromatic N) is 2. The van der Waals surface area contributed by atoms with E-state index in [9.17, 15) is 14.7 Å². The van der Waals surface area contributed by atoms with E-state index in [1.165, 1.54) is 22.0 Å². The molecule has 0 spiro atoms. The second-order valence-electron chi connectivity index (χ2n) is 7.42. The zero-order valence-electron chi connectivity index (χ0n) is 17.8. The average Bonchev–Trinajstić information content (AvgIpc) is 3.05. The van der Waals surface area contributed by atoms with Gasteiger partial charge in [0, 0.05) is 10.6 Å². The lowest BCUT2D eigenvalue weighted by Crippen LogP contribution is -2.39. The number of phenols is 1. The SMILES string of the molecule is CCOC(=O)C1=C(C)N=c2s/c(=C/c3cc(Cl)ccc3O)c(=O)n2[C@@H]1c1ccc(C)cc1. The molecule has 164 valence electrons. The summed E-state index contributed by atoms with van der Waals surface area (Å²) in [6.07, 6.45) is 1.58. The van der Waals surface area contributed by atoms with Crippen LogP contribution >= 0.6 is 22.9 Å². The summed E-state index contributed by atoms with van der Waals surface area (Å²) in [6.45, 7) is 5.67. The minimum absolute atomic E-state index is 0.0127. The van der Waals surface area contributed by atoms with Gasteiger partial charge in [0.05, 0.1) is 28.5 Å². The fraction of sp³-hybridized carbons (Fsp3) is 0.208. The molecule has 0 amide bonds. The second kappa shape index (κ2) is 8.76. The Balaban J connectivity index is 1.97. The van der Waals surface area contributed by atoms with Crippen molar-refractivity contribution in [1.82, 2.24) is 4.57 Å². The molecular weight excluding hydrogens is 448 g/mol. The number of fused-ring (bicyclic) bond motifs is 1. The van der Waals surface area contributed by atoms with E-state index in [-0.39, 0.29) is 17.9 Å². The van der Waals surface area contributed by atoms with Crippen molar-refractivity contribution < 1.29 is 14.6 Å². The molecule has 0 saturated heterocycles. The number of esters is 1. The number of ether oxygens (including phenoxy) is 1. The van der Waals surface area contributed by atoms with Crippen molar-refractivity contribution in [2.45, 2.75) is 26.8 Å². The van der Waals surface area contributed by atoms with Gasteiger partial charge in [-0.25, -0.2) is 9.79 Å². The van der Waals surface area contributed by atoms with E-state index >= 15 is 0 Å². The van der Waals surface area contributed by atoms with Gasteiger partial charge in [-0.05, 0) is 50.6 Å². The summed E-state index contributed by atoms with van der Waals surface area (Å²) < 4.78 is 7.18. The maximum atomic E-state index is 13.5. The number of aryl methyl sites for hydroxylation is 1. The van der Waals surface area contributed by atoms with Crippen molar-refractivity contribution in [3.05, 3.63) is 95.1 Å². The summed E-state index contributed by atoms with van der Waals surface area (Å²) in [7, 11) is 0. The molecule has 1 aromatic heterocycles. The van der Waals surface area contributed by atoms with Crippen LogP contribution in [-0.2, 0) is 9.53 Å². The van der Waals surface area contributed by atoms with Crippen LogP contribution in [0.4, 0.5) is 0 Å².